The third-order valence-corrected chi connectivity index (χ3v) is 5.44. The molecule has 0 amide bonds. The molecule has 1 aromatic heterocycles. The molecule has 1 aliphatic rings. The Kier molecular flexibility index (Phi) is 5.18. The van der Waals surface area contributed by atoms with Crippen molar-refractivity contribution in [3.05, 3.63) is 63.1 Å². The maximum absolute atomic E-state index is 12.7. The normalized spacial score (nSPS) is 14.2. The van der Waals surface area contributed by atoms with E-state index in [0.29, 0.717) is 37.0 Å². The van der Waals surface area contributed by atoms with Gasteiger partial charge in [-0.25, -0.2) is 9.78 Å². The van der Waals surface area contributed by atoms with E-state index in [-0.39, 0.29) is 17.9 Å². The lowest BCUT2D eigenvalue weighted by atomic mass is 10.1. The van der Waals surface area contributed by atoms with Crippen LogP contribution in [0.3, 0.4) is 0 Å². The summed E-state index contributed by atoms with van der Waals surface area (Å²) in [5.74, 6) is -0.607. The molecule has 0 atom stereocenters. The number of nitro benzene ring substituents is 1. The van der Waals surface area contributed by atoms with Gasteiger partial charge in [-0.15, -0.1) is 11.3 Å². The van der Waals surface area contributed by atoms with Crippen LogP contribution in [-0.2, 0) is 16.1 Å². The van der Waals surface area contributed by atoms with Crippen LogP contribution in [-0.4, -0.2) is 42.2 Å². The predicted molar refractivity (Wildman–Crippen MR) is 105 cm³/mol. The summed E-state index contributed by atoms with van der Waals surface area (Å²) in [4.78, 5) is 29.8. The molecule has 0 unspecified atom stereocenters. The number of carbonyl (C=O) groups is 1. The van der Waals surface area contributed by atoms with Crippen molar-refractivity contribution in [3.8, 4) is 0 Å². The summed E-state index contributed by atoms with van der Waals surface area (Å²) in [6.45, 7) is 2.31. The van der Waals surface area contributed by atoms with Crippen molar-refractivity contribution >= 4 is 38.9 Å². The van der Waals surface area contributed by atoms with Gasteiger partial charge in [0.2, 0.25) is 0 Å². The Balaban J connectivity index is 1.57. The van der Waals surface area contributed by atoms with Crippen LogP contribution in [0, 0.1) is 10.1 Å². The average Bonchev–Trinajstić information content (AvgIpc) is 3.15. The quantitative estimate of drug-likeness (QED) is 0.369. The van der Waals surface area contributed by atoms with Crippen molar-refractivity contribution in [1.29, 1.82) is 0 Å². The lowest BCUT2D eigenvalue weighted by Crippen LogP contribution is -2.37. The summed E-state index contributed by atoms with van der Waals surface area (Å²) in [6.07, 6.45) is 0. The number of ether oxygens (including phenoxy) is 2. The van der Waals surface area contributed by atoms with Crippen molar-refractivity contribution in [2.24, 2.45) is 0 Å². The van der Waals surface area contributed by atoms with Crippen LogP contribution in [0.4, 0.5) is 11.4 Å². The second-order valence-electron chi connectivity index (χ2n) is 6.21. The summed E-state index contributed by atoms with van der Waals surface area (Å²) in [6, 6.07) is 11.9. The summed E-state index contributed by atoms with van der Waals surface area (Å²) in [5.41, 5.74) is 1.49. The Labute approximate surface area is 164 Å². The lowest BCUT2D eigenvalue weighted by molar-refractivity contribution is -0.384. The van der Waals surface area contributed by atoms with E-state index in [9.17, 15) is 14.9 Å². The SMILES string of the molecule is O=C(OCc1nc2ccccc2s1)c1cc([N+](=O)[O-])ccc1N1CCOCC1. The minimum absolute atomic E-state index is 0.0173. The fourth-order valence-electron chi connectivity index (χ4n) is 3.07. The first-order valence-electron chi connectivity index (χ1n) is 8.74. The molecule has 0 bridgehead atoms. The summed E-state index contributed by atoms with van der Waals surface area (Å²) in [5, 5.41) is 11.8. The van der Waals surface area contributed by atoms with Crippen molar-refractivity contribution in [2.45, 2.75) is 6.61 Å². The third-order valence-electron chi connectivity index (χ3n) is 4.43. The van der Waals surface area contributed by atoms with E-state index < -0.39 is 10.9 Å². The molecule has 2 heterocycles. The van der Waals surface area contributed by atoms with E-state index in [4.69, 9.17) is 9.47 Å². The monoisotopic (exact) mass is 399 g/mol. The highest BCUT2D eigenvalue weighted by atomic mass is 32.1. The summed E-state index contributed by atoms with van der Waals surface area (Å²) in [7, 11) is 0. The Bertz CT molecular complexity index is 996. The third kappa shape index (κ3) is 3.80. The topological polar surface area (TPSA) is 94.8 Å². The number of para-hydroxylation sites is 1. The number of aromatic nitrogens is 1. The van der Waals surface area contributed by atoms with Gasteiger partial charge in [-0.05, 0) is 18.2 Å². The van der Waals surface area contributed by atoms with Crippen molar-refractivity contribution in [2.75, 3.05) is 31.2 Å². The molecule has 0 radical (unpaired) electrons. The number of benzene rings is 2. The molecule has 8 nitrogen and oxygen atoms in total. The van der Waals surface area contributed by atoms with Crippen LogP contribution in [0.5, 0.6) is 0 Å². The van der Waals surface area contributed by atoms with Crippen LogP contribution in [0.2, 0.25) is 0 Å². The number of nitro groups is 1. The van der Waals surface area contributed by atoms with E-state index in [1.54, 1.807) is 6.07 Å². The maximum Gasteiger partial charge on any atom is 0.340 e. The number of thiazole rings is 1. The van der Waals surface area contributed by atoms with E-state index >= 15 is 0 Å². The van der Waals surface area contributed by atoms with E-state index in [1.165, 1.54) is 23.5 Å². The van der Waals surface area contributed by atoms with Crippen LogP contribution >= 0.6 is 11.3 Å². The van der Waals surface area contributed by atoms with Crippen LogP contribution in [0.15, 0.2) is 42.5 Å². The predicted octanol–water partition coefficient (Wildman–Crippen LogP) is 3.40. The standard InChI is InChI=1S/C19H17N3O5S/c23-19(27-12-18-20-15-3-1-2-4-17(15)28-18)14-11-13(22(24)25)5-6-16(14)21-7-9-26-10-8-21/h1-6,11H,7-10,12H2. The largest absolute Gasteiger partial charge is 0.455 e. The molecule has 1 fully saturated rings. The first-order valence-corrected chi connectivity index (χ1v) is 9.56. The number of carbonyl (C=O) groups excluding carboxylic acids is 1. The van der Waals surface area contributed by atoms with Crippen LogP contribution in [0.1, 0.15) is 15.4 Å². The number of rotatable bonds is 5. The number of nitrogens with zero attached hydrogens (tertiary/aromatic N) is 3. The van der Waals surface area contributed by atoms with Crippen molar-refractivity contribution in [3.63, 3.8) is 0 Å². The molecule has 144 valence electrons. The Hall–Kier alpha value is -3.04. The first-order chi connectivity index (χ1) is 13.6. The van der Waals surface area contributed by atoms with Gasteiger partial charge in [0, 0.05) is 25.2 Å². The number of esters is 1. The molecular weight excluding hydrogens is 382 g/mol. The minimum atomic E-state index is -0.607. The molecular formula is C19H17N3O5S. The fourth-order valence-corrected chi connectivity index (χ4v) is 3.95. The Morgan fingerprint density at radius 1 is 1.25 bits per heavy atom. The van der Waals surface area contributed by atoms with Gasteiger partial charge in [0.1, 0.15) is 11.6 Å². The zero-order valence-electron chi connectivity index (χ0n) is 14.9. The molecule has 0 spiro atoms. The lowest BCUT2D eigenvalue weighted by Gasteiger charge is -2.30. The average molecular weight is 399 g/mol. The van der Waals surface area contributed by atoms with Gasteiger partial charge < -0.3 is 14.4 Å². The highest BCUT2D eigenvalue weighted by Crippen LogP contribution is 2.28. The number of morpholine rings is 1. The zero-order chi connectivity index (χ0) is 19.5. The van der Waals surface area contributed by atoms with Gasteiger partial charge in [-0.3, -0.25) is 10.1 Å². The highest BCUT2D eigenvalue weighted by molar-refractivity contribution is 7.18. The smallest absolute Gasteiger partial charge is 0.340 e. The first kappa shape index (κ1) is 18.3. The van der Waals surface area contributed by atoms with Gasteiger partial charge in [-0.1, -0.05) is 12.1 Å². The van der Waals surface area contributed by atoms with Gasteiger partial charge >= 0.3 is 5.97 Å². The molecule has 4 rings (SSSR count). The second kappa shape index (κ2) is 7.91. The minimum Gasteiger partial charge on any atom is -0.455 e. The fraction of sp³-hybridized carbons (Fsp3) is 0.263. The van der Waals surface area contributed by atoms with Gasteiger partial charge in [0.05, 0.1) is 39.6 Å². The van der Waals surface area contributed by atoms with Crippen LogP contribution < -0.4 is 4.90 Å². The van der Waals surface area contributed by atoms with E-state index in [2.05, 4.69) is 4.98 Å². The highest BCUT2D eigenvalue weighted by Gasteiger charge is 2.23. The van der Waals surface area contributed by atoms with Crippen molar-refractivity contribution in [1.82, 2.24) is 4.98 Å². The molecule has 1 aliphatic heterocycles. The molecule has 0 N–H and O–H groups in total. The number of fused-ring (bicyclic) bond motifs is 1. The van der Waals surface area contributed by atoms with Crippen molar-refractivity contribution < 1.29 is 19.2 Å². The molecule has 28 heavy (non-hydrogen) atoms. The number of non-ortho nitro benzene ring substituents is 1. The van der Waals surface area contributed by atoms with Crippen LogP contribution in [0.25, 0.3) is 10.2 Å². The second-order valence-corrected chi connectivity index (χ2v) is 7.32. The van der Waals surface area contributed by atoms with E-state index in [1.807, 2.05) is 29.2 Å². The molecule has 9 heteroatoms. The van der Waals surface area contributed by atoms with Gasteiger partial charge in [0.25, 0.3) is 5.69 Å². The Morgan fingerprint density at radius 2 is 2.04 bits per heavy atom. The molecule has 2 aromatic carbocycles. The molecule has 1 saturated heterocycles. The zero-order valence-corrected chi connectivity index (χ0v) is 15.7. The summed E-state index contributed by atoms with van der Waals surface area (Å²) < 4.78 is 11.8. The number of hydrogen-bond acceptors (Lipinski definition) is 8. The molecule has 0 saturated carbocycles. The number of anilines is 1. The van der Waals surface area contributed by atoms with E-state index in [0.717, 1.165) is 10.2 Å². The van der Waals surface area contributed by atoms with Gasteiger partial charge in [0.15, 0.2) is 0 Å². The van der Waals surface area contributed by atoms with Gasteiger partial charge in [-0.2, -0.15) is 0 Å². The number of hydrogen-bond donors (Lipinski definition) is 0. The molecule has 3 aromatic rings. The Morgan fingerprint density at radius 3 is 2.79 bits per heavy atom. The maximum atomic E-state index is 12.7. The molecule has 0 aliphatic carbocycles. The summed E-state index contributed by atoms with van der Waals surface area (Å²) >= 11 is 1.45.